The first kappa shape index (κ1) is 11.6. The number of hydrogen-bond acceptors (Lipinski definition) is 2. The molecule has 0 saturated carbocycles. The summed E-state index contributed by atoms with van der Waals surface area (Å²) in [5.74, 6) is -0.839. The maximum atomic E-state index is 10.7. The van der Waals surface area contributed by atoms with Crippen molar-refractivity contribution < 1.29 is 9.90 Å². The summed E-state index contributed by atoms with van der Waals surface area (Å²) in [7, 11) is 0. The second-order valence-electron chi connectivity index (χ2n) is 3.70. The lowest BCUT2D eigenvalue weighted by Crippen LogP contribution is -2.25. The number of aliphatic carboxylic acids is 1. The van der Waals surface area contributed by atoms with E-state index in [4.69, 9.17) is 5.11 Å². The van der Waals surface area contributed by atoms with Crippen molar-refractivity contribution in [3.63, 3.8) is 0 Å². The van der Waals surface area contributed by atoms with Crippen LogP contribution in [-0.2, 0) is 11.2 Å². The molecule has 0 aromatic heterocycles. The fourth-order valence-corrected chi connectivity index (χ4v) is 1.45. The largest absolute Gasteiger partial charge is 0.480 e. The minimum Gasteiger partial charge on any atom is -0.480 e. The van der Waals surface area contributed by atoms with Crippen molar-refractivity contribution in [3.05, 3.63) is 29.3 Å². The number of aryl methyl sites for hydroxylation is 2. The molecule has 0 heterocycles. The average molecular weight is 207 g/mol. The number of nitrogens with one attached hydrogen (secondary N) is 1. The first-order valence-corrected chi connectivity index (χ1v) is 5.13. The Hall–Kier alpha value is -1.51. The van der Waals surface area contributed by atoms with Crippen LogP contribution in [0.3, 0.4) is 0 Å². The number of carboxylic acids is 1. The van der Waals surface area contributed by atoms with Gasteiger partial charge in [-0.25, -0.2) is 0 Å². The maximum absolute atomic E-state index is 10.7. The molecular formula is C12H17NO2. The van der Waals surface area contributed by atoms with E-state index in [9.17, 15) is 4.79 Å². The summed E-state index contributed by atoms with van der Waals surface area (Å²) in [5.41, 5.74) is 3.36. The quantitative estimate of drug-likeness (QED) is 0.797. The molecule has 1 aromatic rings. The van der Waals surface area contributed by atoms with E-state index in [1.54, 1.807) is 6.92 Å². The number of carbonyl (C=O) groups is 1. The number of rotatable bonds is 4. The number of carboxylic acid groups (broad SMARTS) is 1. The zero-order valence-corrected chi connectivity index (χ0v) is 9.37. The van der Waals surface area contributed by atoms with Crippen molar-refractivity contribution in [1.29, 1.82) is 0 Å². The van der Waals surface area contributed by atoms with E-state index in [-0.39, 0.29) is 0 Å². The van der Waals surface area contributed by atoms with Crippen LogP contribution in [0, 0.1) is 6.92 Å². The minimum atomic E-state index is -0.839. The molecule has 0 aliphatic heterocycles. The molecule has 0 spiro atoms. The van der Waals surface area contributed by atoms with E-state index < -0.39 is 12.0 Å². The van der Waals surface area contributed by atoms with Crippen LogP contribution in [0.4, 0.5) is 5.69 Å². The Morgan fingerprint density at radius 2 is 2.20 bits per heavy atom. The average Bonchev–Trinajstić information content (AvgIpc) is 2.20. The van der Waals surface area contributed by atoms with E-state index in [1.807, 2.05) is 18.2 Å². The Morgan fingerprint density at radius 3 is 2.73 bits per heavy atom. The third kappa shape index (κ3) is 2.98. The molecule has 82 valence electrons. The van der Waals surface area contributed by atoms with Gasteiger partial charge < -0.3 is 10.4 Å². The van der Waals surface area contributed by atoms with Gasteiger partial charge in [0.15, 0.2) is 0 Å². The van der Waals surface area contributed by atoms with Gasteiger partial charge in [0.1, 0.15) is 6.04 Å². The van der Waals surface area contributed by atoms with Crippen LogP contribution in [-0.4, -0.2) is 17.1 Å². The van der Waals surface area contributed by atoms with Gasteiger partial charge in [-0.2, -0.15) is 0 Å². The molecule has 1 aromatic carbocycles. The van der Waals surface area contributed by atoms with Gasteiger partial charge in [0.25, 0.3) is 0 Å². The summed E-state index contributed by atoms with van der Waals surface area (Å²) < 4.78 is 0. The number of hydrogen-bond donors (Lipinski definition) is 2. The third-order valence-electron chi connectivity index (χ3n) is 2.48. The van der Waals surface area contributed by atoms with Crippen LogP contribution in [0.5, 0.6) is 0 Å². The standard InChI is InChI=1S/C12H17NO2/c1-4-10-7-11(6-5-8(10)2)13-9(3)12(14)15/h5-7,9,13H,4H2,1-3H3,(H,14,15). The number of benzene rings is 1. The monoisotopic (exact) mass is 207 g/mol. The fraction of sp³-hybridized carbons (Fsp3) is 0.417. The topological polar surface area (TPSA) is 49.3 Å². The Morgan fingerprint density at radius 1 is 1.53 bits per heavy atom. The maximum Gasteiger partial charge on any atom is 0.325 e. The van der Waals surface area contributed by atoms with Crippen molar-refractivity contribution in [2.45, 2.75) is 33.2 Å². The Kier molecular flexibility index (Phi) is 3.72. The second kappa shape index (κ2) is 4.82. The Balaban J connectivity index is 2.83. The molecule has 0 saturated heterocycles. The fourth-order valence-electron chi connectivity index (χ4n) is 1.45. The van der Waals surface area contributed by atoms with Gasteiger partial charge in [-0.15, -0.1) is 0 Å². The summed E-state index contributed by atoms with van der Waals surface area (Å²) in [5, 5.41) is 11.7. The van der Waals surface area contributed by atoms with Crippen LogP contribution >= 0.6 is 0 Å². The highest BCUT2D eigenvalue weighted by atomic mass is 16.4. The lowest BCUT2D eigenvalue weighted by atomic mass is 10.1. The van der Waals surface area contributed by atoms with E-state index >= 15 is 0 Å². The van der Waals surface area contributed by atoms with Gasteiger partial charge in [0.2, 0.25) is 0 Å². The molecule has 1 rings (SSSR count). The number of anilines is 1. The zero-order valence-electron chi connectivity index (χ0n) is 9.37. The molecule has 0 bridgehead atoms. The minimum absolute atomic E-state index is 0.558. The molecule has 0 fully saturated rings. The highest BCUT2D eigenvalue weighted by molar-refractivity contribution is 5.76. The molecule has 3 nitrogen and oxygen atoms in total. The predicted octanol–water partition coefficient (Wildman–Crippen LogP) is 2.44. The van der Waals surface area contributed by atoms with Crippen LogP contribution in [0.25, 0.3) is 0 Å². The van der Waals surface area contributed by atoms with Crippen LogP contribution in [0.2, 0.25) is 0 Å². The normalized spacial score (nSPS) is 12.2. The van der Waals surface area contributed by atoms with Crippen LogP contribution in [0.1, 0.15) is 25.0 Å². The predicted molar refractivity (Wildman–Crippen MR) is 61.3 cm³/mol. The molecule has 1 unspecified atom stereocenters. The molecule has 0 aliphatic rings. The van der Waals surface area contributed by atoms with Gasteiger partial charge in [-0.1, -0.05) is 13.0 Å². The van der Waals surface area contributed by atoms with Gasteiger partial charge >= 0.3 is 5.97 Å². The molecule has 2 N–H and O–H groups in total. The Bertz CT molecular complexity index is 361. The molecule has 0 aliphatic carbocycles. The van der Waals surface area contributed by atoms with Crippen molar-refractivity contribution in [2.24, 2.45) is 0 Å². The smallest absolute Gasteiger partial charge is 0.325 e. The third-order valence-corrected chi connectivity index (χ3v) is 2.48. The summed E-state index contributed by atoms with van der Waals surface area (Å²) >= 11 is 0. The van der Waals surface area contributed by atoms with Crippen molar-refractivity contribution in [1.82, 2.24) is 0 Å². The molecule has 3 heteroatoms. The van der Waals surface area contributed by atoms with Crippen molar-refractivity contribution >= 4 is 11.7 Å². The molecule has 1 atom stereocenters. The SMILES string of the molecule is CCc1cc(NC(C)C(=O)O)ccc1C. The van der Waals surface area contributed by atoms with Crippen LogP contribution in [0.15, 0.2) is 18.2 Å². The summed E-state index contributed by atoms with van der Waals surface area (Å²) in [4.78, 5) is 10.7. The van der Waals surface area contributed by atoms with E-state index in [0.29, 0.717) is 0 Å². The summed E-state index contributed by atoms with van der Waals surface area (Å²) in [6.07, 6.45) is 0.961. The zero-order chi connectivity index (χ0) is 11.4. The summed E-state index contributed by atoms with van der Waals surface area (Å²) in [6.45, 7) is 5.78. The van der Waals surface area contributed by atoms with Crippen molar-refractivity contribution in [2.75, 3.05) is 5.32 Å². The Labute approximate surface area is 90.1 Å². The molecule has 0 amide bonds. The molecule has 0 radical (unpaired) electrons. The van der Waals surface area contributed by atoms with Gasteiger partial charge in [0, 0.05) is 5.69 Å². The first-order chi connectivity index (χ1) is 7.04. The van der Waals surface area contributed by atoms with Gasteiger partial charge in [-0.3, -0.25) is 4.79 Å². The van der Waals surface area contributed by atoms with E-state index in [0.717, 1.165) is 12.1 Å². The van der Waals surface area contributed by atoms with Gasteiger partial charge in [-0.05, 0) is 43.5 Å². The summed E-state index contributed by atoms with van der Waals surface area (Å²) in [6, 6.07) is 5.37. The second-order valence-corrected chi connectivity index (χ2v) is 3.70. The molecular weight excluding hydrogens is 190 g/mol. The van der Waals surface area contributed by atoms with E-state index in [2.05, 4.69) is 19.2 Å². The lowest BCUT2D eigenvalue weighted by Gasteiger charge is -2.12. The highest BCUT2D eigenvalue weighted by Crippen LogP contribution is 2.16. The van der Waals surface area contributed by atoms with Crippen molar-refractivity contribution in [3.8, 4) is 0 Å². The van der Waals surface area contributed by atoms with Gasteiger partial charge in [0.05, 0.1) is 0 Å². The van der Waals surface area contributed by atoms with Crippen LogP contribution < -0.4 is 5.32 Å². The first-order valence-electron chi connectivity index (χ1n) is 5.13. The lowest BCUT2D eigenvalue weighted by molar-refractivity contribution is -0.137. The molecule has 15 heavy (non-hydrogen) atoms. The van der Waals surface area contributed by atoms with E-state index in [1.165, 1.54) is 11.1 Å². The highest BCUT2D eigenvalue weighted by Gasteiger charge is 2.10.